The van der Waals surface area contributed by atoms with Crippen molar-refractivity contribution in [2.45, 2.75) is 33.6 Å². The first-order valence-electron chi connectivity index (χ1n) is 21.9. The van der Waals surface area contributed by atoms with E-state index in [9.17, 15) is 82.5 Å². The summed E-state index contributed by atoms with van der Waals surface area (Å²) >= 11 is 18.5. The zero-order valence-electron chi connectivity index (χ0n) is 40.8. The summed E-state index contributed by atoms with van der Waals surface area (Å²) in [5.74, 6) is -6.49. The molecule has 2 aliphatic heterocycles. The average Bonchev–Trinajstić information content (AvgIpc) is 4.06. The normalized spacial score (nSPS) is 15.2. The molecule has 436 valence electrons. The number of halogens is 11. The Labute approximate surface area is 470 Å². The summed E-state index contributed by atoms with van der Waals surface area (Å²) in [5, 5.41) is 7.33. The van der Waals surface area contributed by atoms with Crippen LogP contribution in [0.3, 0.4) is 0 Å². The van der Waals surface area contributed by atoms with Crippen LogP contribution in [0, 0.1) is 11.6 Å². The molecule has 7 rings (SSSR count). The molecule has 2 amide bonds. The number of amidine groups is 2. The molecule has 2 aliphatic rings. The fraction of sp³-hybridized carbons (Fsp3) is 0.283. The standard InChI is InChI=1S/C19H15ClF4N4O6S.C19H15ClF4N4O5S.C7H5ClO3.CH4/c1-3-34-16(31)7-27-15(30)8-35(33)17(27)25-11-5-12(10(21)4-9(11)20)28-14(29)6-13(19(22,23)24)26(2)18(28)32;1-3-33-16(31)7-27-15(30)8-34-17(27)25-11-5-12(10(21)4-9(11)20)28-14(29)6-13(19(22,23)24)26(2)18(28)32;8-6-3-1-2-5(4-6)7(9)11-10;/h4-6H,3,7-8H2,1-2H3;4-6H,3,7-8H2,1-2H3;1-4,10H;1H4. The topological polar surface area (TPSA) is 270 Å². The maximum atomic E-state index is 14.7. The second-order valence-electron chi connectivity index (χ2n) is 15.6. The molecule has 2 saturated heterocycles. The van der Waals surface area contributed by atoms with Crippen LogP contribution in [0.4, 0.5) is 46.5 Å². The van der Waals surface area contributed by atoms with Crippen LogP contribution in [0.25, 0.3) is 11.4 Å². The van der Waals surface area contributed by atoms with Crippen LogP contribution < -0.4 is 22.5 Å². The van der Waals surface area contributed by atoms with E-state index in [1.165, 1.54) is 19.1 Å². The Morgan fingerprint density at radius 2 is 1.15 bits per heavy atom. The van der Waals surface area contributed by atoms with Gasteiger partial charge in [0, 0.05) is 31.3 Å². The Morgan fingerprint density at radius 3 is 1.58 bits per heavy atom. The van der Waals surface area contributed by atoms with Crippen molar-refractivity contribution in [1.82, 2.24) is 28.1 Å². The van der Waals surface area contributed by atoms with Gasteiger partial charge in [-0.1, -0.05) is 60.1 Å². The molecular formula is C46H39Cl3F8N8O14S2. The number of aliphatic imine (C=N–C) groups is 2. The third-order valence-corrected chi connectivity index (χ3v) is 13.4. The zero-order chi connectivity index (χ0) is 59.9. The van der Waals surface area contributed by atoms with Crippen LogP contribution in [0.5, 0.6) is 0 Å². The molecule has 5 aromatic rings. The summed E-state index contributed by atoms with van der Waals surface area (Å²) in [4.78, 5) is 122. The largest absolute Gasteiger partial charge is 0.465 e. The minimum absolute atomic E-state index is 0. The number of thioether (sulfide) groups is 1. The van der Waals surface area contributed by atoms with Gasteiger partial charge in [0.1, 0.15) is 41.9 Å². The van der Waals surface area contributed by atoms with Crippen molar-refractivity contribution in [3.05, 3.63) is 146 Å². The predicted octanol–water partition coefficient (Wildman–Crippen LogP) is 6.57. The lowest BCUT2D eigenvalue weighted by molar-refractivity contribution is -0.182. The maximum Gasteiger partial charge on any atom is 0.431 e. The van der Waals surface area contributed by atoms with E-state index in [4.69, 9.17) is 49.5 Å². The molecule has 0 bridgehead atoms. The van der Waals surface area contributed by atoms with Gasteiger partial charge in [-0.15, -0.1) is 0 Å². The molecule has 1 atom stereocenters. The summed E-state index contributed by atoms with van der Waals surface area (Å²) in [5.41, 5.74) is -10.8. The summed E-state index contributed by atoms with van der Waals surface area (Å²) in [7, 11) is -0.497. The second-order valence-corrected chi connectivity index (χ2v) is 19.2. The summed E-state index contributed by atoms with van der Waals surface area (Å²) in [6.45, 7) is 2.15. The van der Waals surface area contributed by atoms with E-state index in [1.54, 1.807) is 19.1 Å². The van der Waals surface area contributed by atoms with Crippen molar-refractivity contribution in [3.8, 4) is 11.4 Å². The lowest BCUT2D eigenvalue weighted by Crippen LogP contribution is -2.41. The first-order chi connectivity index (χ1) is 37.3. The lowest BCUT2D eigenvalue weighted by atomic mass is 10.2. The van der Waals surface area contributed by atoms with Crippen molar-refractivity contribution < 1.29 is 82.9 Å². The molecule has 81 heavy (non-hydrogen) atoms. The zero-order valence-corrected chi connectivity index (χ0v) is 44.7. The number of ether oxygens (including phenoxy) is 2. The molecule has 1 N–H and O–H groups in total. The van der Waals surface area contributed by atoms with Gasteiger partial charge in [0.25, 0.3) is 11.1 Å². The van der Waals surface area contributed by atoms with Crippen LogP contribution in [0.1, 0.15) is 43.0 Å². The van der Waals surface area contributed by atoms with Gasteiger partial charge in [-0.3, -0.25) is 56.8 Å². The van der Waals surface area contributed by atoms with E-state index in [0.717, 1.165) is 53.9 Å². The van der Waals surface area contributed by atoms with Crippen molar-refractivity contribution in [3.63, 3.8) is 0 Å². The number of amides is 2. The van der Waals surface area contributed by atoms with Gasteiger partial charge in [0.05, 0.1) is 68.1 Å². The van der Waals surface area contributed by atoms with Crippen LogP contribution in [-0.2, 0) is 70.8 Å². The first-order valence-corrected chi connectivity index (χ1v) is 25.3. The highest BCUT2D eigenvalue weighted by Crippen LogP contribution is 2.34. The average molecular weight is 1250 g/mol. The number of esters is 2. The number of hydrogen-bond acceptors (Lipinski definition) is 17. The minimum Gasteiger partial charge on any atom is -0.465 e. The van der Waals surface area contributed by atoms with E-state index in [2.05, 4.69) is 14.9 Å². The highest BCUT2D eigenvalue weighted by molar-refractivity contribution is 8.15. The minimum atomic E-state index is -5.02. The Hall–Kier alpha value is -7.52. The van der Waals surface area contributed by atoms with Crippen LogP contribution >= 0.6 is 46.6 Å². The molecule has 22 nitrogen and oxygen atoms in total. The molecule has 1 unspecified atom stereocenters. The van der Waals surface area contributed by atoms with Crippen LogP contribution in [0.15, 0.2) is 89.8 Å². The summed E-state index contributed by atoms with van der Waals surface area (Å²) in [6, 6.07) is 9.39. The Kier molecular flexibility index (Phi) is 22.2. The van der Waals surface area contributed by atoms with Gasteiger partial charge in [-0.05, 0) is 56.3 Å². The fourth-order valence-electron chi connectivity index (χ4n) is 6.74. The first kappa shape index (κ1) is 66.0. The van der Waals surface area contributed by atoms with Crippen molar-refractivity contribution in [2.75, 3.05) is 37.8 Å². The fourth-order valence-corrected chi connectivity index (χ4v) is 9.33. The third-order valence-electron chi connectivity index (χ3n) is 10.3. The van der Waals surface area contributed by atoms with Crippen LogP contribution in [0.2, 0.25) is 15.1 Å². The smallest absolute Gasteiger partial charge is 0.431 e. The predicted molar refractivity (Wildman–Crippen MR) is 277 cm³/mol. The van der Waals surface area contributed by atoms with E-state index in [0.29, 0.717) is 11.1 Å². The Morgan fingerprint density at radius 1 is 0.691 bits per heavy atom. The van der Waals surface area contributed by atoms with E-state index >= 15 is 0 Å². The van der Waals surface area contributed by atoms with Crippen LogP contribution in [-0.4, -0.2) is 115 Å². The number of carbonyl (C=O) groups excluding carboxylic acids is 5. The number of alkyl halides is 6. The van der Waals surface area contributed by atoms with Gasteiger partial charge in [-0.2, -0.15) is 31.6 Å². The van der Waals surface area contributed by atoms with Gasteiger partial charge >= 0.3 is 41.6 Å². The summed E-state index contributed by atoms with van der Waals surface area (Å²) < 4.78 is 130. The highest BCUT2D eigenvalue weighted by Gasteiger charge is 2.39. The maximum absolute atomic E-state index is 14.7. The molecule has 35 heteroatoms. The van der Waals surface area contributed by atoms with Crippen molar-refractivity contribution in [1.29, 1.82) is 0 Å². The second kappa shape index (κ2) is 27.3. The van der Waals surface area contributed by atoms with E-state index < -0.39 is 139 Å². The van der Waals surface area contributed by atoms with E-state index in [-0.39, 0.29) is 83.9 Å². The quantitative estimate of drug-likeness (QED) is 0.0482. The number of hydrogen-bond donors (Lipinski definition) is 1. The molecule has 3 aromatic carbocycles. The number of rotatable bonds is 11. The number of nitrogens with zero attached hydrogens (tertiary/aromatic N) is 8. The van der Waals surface area contributed by atoms with E-state index in [1.807, 2.05) is 0 Å². The Balaban J connectivity index is 0.000000290. The number of carbonyl (C=O) groups is 5. The van der Waals surface area contributed by atoms with Gasteiger partial charge in [0.2, 0.25) is 17.0 Å². The third kappa shape index (κ3) is 15.7. The SMILES string of the molecule is C.CCOC(=O)CN1C(=O)CS(=O)C1=Nc1cc(-n2c(=O)cc(C(F)(F)F)n(C)c2=O)c(F)cc1Cl.CCOC(=O)CN1C(=O)CSC1=Nc1cc(-n2c(=O)cc(C(F)(F)F)n(C)c2=O)c(F)cc1Cl.O=C(OO)c1cccc(Cl)c1. The molecule has 2 fully saturated rings. The highest BCUT2D eigenvalue weighted by atomic mass is 35.5. The molecule has 0 saturated carbocycles. The van der Waals surface area contributed by atoms with Crippen molar-refractivity contribution >= 4 is 109 Å². The molecule has 0 aliphatic carbocycles. The van der Waals surface area contributed by atoms with Crippen molar-refractivity contribution in [2.24, 2.45) is 24.1 Å². The Bertz CT molecular complexity index is 3660. The molecule has 0 spiro atoms. The number of aromatic nitrogens is 4. The number of benzene rings is 3. The van der Waals surface area contributed by atoms with Gasteiger partial charge in [0.15, 0.2) is 5.17 Å². The molecule has 0 radical (unpaired) electrons. The molecular weight excluding hydrogens is 1210 g/mol. The summed E-state index contributed by atoms with van der Waals surface area (Å²) in [6.07, 6.45) is -10.0. The molecule has 4 heterocycles. The monoisotopic (exact) mass is 1250 g/mol. The van der Waals surface area contributed by atoms with Gasteiger partial charge in [-0.25, -0.2) is 42.3 Å². The lowest BCUT2D eigenvalue weighted by Gasteiger charge is -2.16. The molecule has 2 aromatic heterocycles. The van der Waals surface area contributed by atoms with Gasteiger partial charge < -0.3 is 9.47 Å².